The predicted octanol–water partition coefficient (Wildman–Crippen LogP) is 2.18. The van der Waals surface area contributed by atoms with E-state index in [0.717, 1.165) is 24.7 Å². The lowest BCUT2D eigenvalue weighted by atomic mass is 10.1. The molecule has 1 aromatic carbocycles. The fourth-order valence-corrected chi connectivity index (χ4v) is 3.57. The van der Waals surface area contributed by atoms with Crippen LogP contribution < -0.4 is 9.80 Å². The first kappa shape index (κ1) is 16.8. The number of halogens is 1. The maximum absolute atomic E-state index is 13.3. The summed E-state index contributed by atoms with van der Waals surface area (Å²) in [5.41, 5.74) is 0.400. The minimum Gasteiger partial charge on any atom is -0.356 e. The van der Waals surface area contributed by atoms with Gasteiger partial charge < -0.3 is 14.7 Å². The third-order valence-corrected chi connectivity index (χ3v) is 5.03. The maximum atomic E-state index is 13.3. The molecule has 2 aromatic rings. The van der Waals surface area contributed by atoms with Crippen molar-refractivity contribution in [3.05, 3.63) is 48.0 Å². The number of carbonyl (C=O) groups is 1. The number of hydrogen-bond acceptors (Lipinski definition) is 5. The Morgan fingerprint density at radius 2 is 1.54 bits per heavy atom. The van der Waals surface area contributed by atoms with Crippen molar-refractivity contribution in [1.29, 1.82) is 0 Å². The van der Waals surface area contributed by atoms with Crippen molar-refractivity contribution >= 4 is 17.5 Å². The Kier molecular flexibility index (Phi) is 4.69. The van der Waals surface area contributed by atoms with Crippen LogP contribution in [0.3, 0.4) is 0 Å². The van der Waals surface area contributed by atoms with Crippen LogP contribution in [0.4, 0.5) is 16.0 Å². The Morgan fingerprint density at radius 1 is 0.885 bits per heavy atom. The second kappa shape index (κ2) is 7.27. The van der Waals surface area contributed by atoms with Crippen LogP contribution in [-0.4, -0.2) is 60.0 Å². The van der Waals surface area contributed by atoms with E-state index in [-0.39, 0.29) is 11.7 Å². The lowest BCUT2D eigenvalue weighted by molar-refractivity contribution is 0.0746. The number of nitrogens with zero attached hydrogens (tertiary/aromatic N) is 5. The molecule has 0 saturated carbocycles. The second-order valence-electron chi connectivity index (χ2n) is 6.72. The molecule has 2 aliphatic rings. The summed E-state index contributed by atoms with van der Waals surface area (Å²) in [4.78, 5) is 27.6. The summed E-state index contributed by atoms with van der Waals surface area (Å²) >= 11 is 0. The zero-order chi connectivity index (χ0) is 17.9. The number of hydrogen-bond donors (Lipinski definition) is 0. The minimum absolute atomic E-state index is 0.121. The molecular formula is C19H22FN5O. The van der Waals surface area contributed by atoms with E-state index in [4.69, 9.17) is 0 Å². The van der Waals surface area contributed by atoms with Gasteiger partial charge in [0.2, 0.25) is 0 Å². The molecule has 2 aliphatic heterocycles. The van der Waals surface area contributed by atoms with Crippen LogP contribution >= 0.6 is 0 Å². The highest BCUT2D eigenvalue weighted by atomic mass is 19.1. The molecule has 0 bridgehead atoms. The Bertz CT molecular complexity index is 785. The number of amides is 1. The average molecular weight is 355 g/mol. The second-order valence-corrected chi connectivity index (χ2v) is 6.72. The molecule has 0 radical (unpaired) electrons. The Hall–Kier alpha value is -2.70. The van der Waals surface area contributed by atoms with Gasteiger partial charge in [0.25, 0.3) is 5.91 Å². The molecular weight excluding hydrogens is 333 g/mol. The summed E-state index contributed by atoms with van der Waals surface area (Å²) in [7, 11) is 0. The molecule has 136 valence electrons. The summed E-state index contributed by atoms with van der Waals surface area (Å²) in [6.07, 6.45) is 4.04. The number of aromatic nitrogens is 2. The van der Waals surface area contributed by atoms with E-state index in [1.165, 1.54) is 25.0 Å². The zero-order valence-electron chi connectivity index (χ0n) is 14.6. The van der Waals surface area contributed by atoms with E-state index in [2.05, 4.69) is 19.8 Å². The van der Waals surface area contributed by atoms with E-state index in [1.807, 2.05) is 6.07 Å². The molecule has 1 aromatic heterocycles. The van der Waals surface area contributed by atoms with Crippen molar-refractivity contribution in [2.24, 2.45) is 0 Å². The molecule has 0 unspecified atom stereocenters. The lowest BCUT2D eigenvalue weighted by Gasteiger charge is -2.35. The van der Waals surface area contributed by atoms with Crippen LogP contribution in [0.25, 0.3) is 0 Å². The summed E-state index contributed by atoms with van der Waals surface area (Å²) in [6, 6.07) is 7.91. The van der Waals surface area contributed by atoms with Crippen LogP contribution in [-0.2, 0) is 0 Å². The quantitative estimate of drug-likeness (QED) is 0.845. The first-order valence-electron chi connectivity index (χ1n) is 9.07. The molecule has 0 N–H and O–H groups in total. The van der Waals surface area contributed by atoms with Crippen molar-refractivity contribution in [2.45, 2.75) is 12.8 Å². The zero-order valence-corrected chi connectivity index (χ0v) is 14.6. The number of rotatable bonds is 3. The van der Waals surface area contributed by atoms with E-state index in [0.29, 0.717) is 31.7 Å². The van der Waals surface area contributed by atoms with Crippen molar-refractivity contribution in [2.75, 3.05) is 49.1 Å². The van der Waals surface area contributed by atoms with E-state index in [1.54, 1.807) is 23.4 Å². The van der Waals surface area contributed by atoms with Crippen molar-refractivity contribution < 1.29 is 9.18 Å². The van der Waals surface area contributed by atoms with Gasteiger partial charge in [-0.25, -0.2) is 14.4 Å². The SMILES string of the molecule is O=C(c1cccc(F)c1)N1CCN(c2cc(N3CCCC3)ncn2)CC1. The Labute approximate surface area is 152 Å². The van der Waals surface area contributed by atoms with Crippen molar-refractivity contribution in [1.82, 2.24) is 14.9 Å². The molecule has 0 aliphatic carbocycles. The standard InChI is InChI=1S/C19H22FN5O/c20-16-5-3-4-15(12-16)19(26)25-10-8-24(9-11-25)18-13-17(21-14-22-18)23-6-1-2-7-23/h3-5,12-14H,1-2,6-11H2. The highest BCUT2D eigenvalue weighted by Crippen LogP contribution is 2.22. The monoisotopic (exact) mass is 355 g/mol. The highest BCUT2D eigenvalue weighted by Gasteiger charge is 2.24. The fourth-order valence-electron chi connectivity index (χ4n) is 3.57. The summed E-state index contributed by atoms with van der Waals surface area (Å²) in [6.45, 7) is 4.70. The Balaban J connectivity index is 1.40. The van der Waals surface area contributed by atoms with Gasteiger partial charge in [-0.3, -0.25) is 4.79 Å². The van der Waals surface area contributed by atoms with Crippen LogP contribution in [0.2, 0.25) is 0 Å². The third-order valence-electron chi connectivity index (χ3n) is 5.03. The van der Waals surface area contributed by atoms with Gasteiger partial charge in [-0.05, 0) is 31.0 Å². The van der Waals surface area contributed by atoms with E-state index < -0.39 is 0 Å². The smallest absolute Gasteiger partial charge is 0.254 e. The average Bonchev–Trinajstić information content (AvgIpc) is 3.23. The van der Waals surface area contributed by atoms with Gasteiger partial charge in [0, 0.05) is 50.9 Å². The molecule has 0 spiro atoms. The van der Waals surface area contributed by atoms with Gasteiger partial charge >= 0.3 is 0 Å². The molecule has 2 fully saturated rings. The molecule has 1 amide bonds. The fraction of sp³-hybridized carbons (Fsp3) is 0.421. The minimum atomic E-state index is -0.384. The molecule has 2 saturated heterocycles. The first-order valence-corrected chi connectivity index (χ1v) is 9.07. The molecule has 0 atom stereocenters. The molecule has 3 heterocycles. The molecule has 7 heteroatoms. The van der Waals surface area contributed by atoms with Crippen molar-refractivity contribution in [3.63, 3.8) is 0 Å². The van der Waals surface area contributed by atoms with E-state index >= 15 is 0 Å². The summed E-state index contributed by atoms with van der Waals surface area (Å²) in [5.74, 6) is 1.38. The van der Waals surface area contributed by atoms with Gasteiger partial charge in [0.1, 0.15) is 23.8 Å². The normalized spacial score (nSPS) is 17.7. The van der Waals surface area contributed by atoms with Crippen LogP contribution in [0.5, 0.6) is 0 Å². The Morgan fingerprint density at radius 3 is 2.19 bits per heavy atom. The lowest BCUT2D eigenvalue weighted by Crippen LogP contribution is -2.49. The maximum Gasteiger partial charge on any atom is 0.254 e. The van der Waals surface area contributed by atoms with Crippen LogP contribution in [0.1, 0.15) is 23.2 Å². The molecule has 26 heavy (non-hydrogen) atoms. The van der Waals surface area contributed by atoms with Gasteiger partial charge in [0.05, 0.1) is 0 Å². The van der Waals surface area contributed by atoms with Gasteiger partial charge in [-0.15, -0.1) is 0 Å². The number of benzene rings is 1. The first-order chi connectivity index (χ1) is 12.7. The van der Waals surface area contributed by atoms with Gasteiger partial charge in [0.15, 0.2) is 0 Å². The van der Waals surface area contributed by atoms with Crippen molar-refractivity contribution in [3.8, 4) is 0 Å². The topological polar surface area (TPSA) is 52.6 Å². The number of piperazine rings is 1. The number of anilines is 2. The molecule has 4 rings (SSSR count). The summed E-state index contributed by atoms with van der Waals surface area (Å²) in [5, 5.41) is 0. The highest BCUT2D eigenvalue weighted by molar-refractivity contribution is 5.94. The van der Waals surface area contributed by atoms with Crippen LogP contribution in [0.15, 0.2) is 36.7 Å². The van der Waals surface area contributed by atoms with Gasteiger partial charge in [-0.1, -0.05) is 6.07 Å². The van der Waals surface area contributed by atoms with E-state index in [9.17, 15) is 9.18 Å². The van der Waals surface area contributed by atoms with Crippen LogP contribution in [0, 0.1) is 5.82 Å². The number of carbonyl (C=O) groups excluding carboxylic acids is 1. The molecule has 6 nitrogen and oxygen atoms in total. The largest absolute Gasteiger partial charge is 0.356 e. The third kappa shape index (κ3) is 3.47. The van der Waals surface area contributed by atoms with Gasteiger partial charge in [-0.2, -0.15) is 0 Å². The summed E-state index contributed by atoms with van der Waals surface area (Å²) < 4.78 is 13.3. The predicted molar refractivity (Wildman–Crippen MR) is 98.0 cm³/mol.